The number of nitriles is 1. The van der Waals surface area contributed by atoms with Crippen LogP contribution in [-0.2, 0) is 4.79 Å². The molecule has 0 saturated heterocycles. The average molecular weight is 266 g/mol. The lowest BCUT2D eigenvalue weighted by Crippen LogP contribution is -2.43. The fourth-order valence-electron chi connectivity index (χ4n) is 1.37. The van der Waals surface area contributed by atoms with Crippen LogP contribution in [0.3, 0.4) is 0 Å². The number of anilines is 1. The predicted molar refractivity (Wildman–Crippen MR) is 72.6 cm³/mol. The maximum absolute atomic E-state index is 11.6. The van der Waals surface area contributed by atoms with Gasteiger partial charge in [0, 0.05) is 5.54 Å². The Morgan fingerprint density at radius 1 is 1.44 bits per heavy atom. The Hall–Kier alpha value is -1.73. The zero-order valence-electron chi connectivity index (χ0n) is 10.7. The minimum atomic E-state index is -0.257. The topological polar surface area (TPSA) is 64.9 Å². The van der Waals surface area contributed by atoms with Crippen molar-refractivity contribution in [2.75, 3.05) is 11.9 Å². The summed E-state index contributed by atoms with van der Waals surface area (Å²) >= 11 is 5.98. The summed E-state index contributed by atoms with van der Waals surface area (Å²) in [6.45, 7) is 5.89. The highest BCUT2D eigenvalue weighted by Gasteiger charge is 2.13. The van der Waals surface area contributed by atoms with Crippen molar-refractivity contribution < 1.29 is 4.79 Å². The van der Waals surface area contributed by atoms with E-state index in [0.717, 1.165) is 0 Å². The Balaban J connectivity index is 2.59. The number of hydrogen-bond donors (Lipinski definition) is 2. The molecule has 96 valence electrons. The number of carbonyl (C=O) groups is 1. The van der Waals surface area contributed by atoms with Gasteiger partial charge in [-0.3, -0.25) is 4.79 Å². The van der Waals surface area contributed by atoms with Crippen LogP contribution in [0.2, 0.25) is 5.02 Å². The van der Waals surface area contributed by atoms with Crippen LogP contribution in [0.4, 0.5) is 5.69 Å². The van der Waals surface area contributed by atoms with Crippen molar-refractivity contribution in [3.63, 3.8) is 0 Å². The molecule has 0 aromatic heterocycles. The molecule has 0 unspecified atom stereocenters. The fourth-order valence-corrected chi connectivity index (χ4v) is 1.61. The molecule has 0 heterocycles. The van der Waals surface area contributed by atoms with Crippen LogP contribution in [0.25, 0.3) is 0 Å². The quantitative estimate of drug-likeness (QED) is 0.883. The Bertz CT molecular complexity index is 486. The van der Waals surface area contributed by atoms with Gasteiger partial charge in [-0.25, -0.2) is 0 Å². The van der Waals surface area contributed by atoms with E-state index in [-0.39, 0.29) is 18.0 Å². The highest BCUT2D eigenvalue weighted by Crippen LogP contribution is 2.22. The maximum atomic E-state index is 11.6. The summed E-state index contributed by atoms with van der Waals surface area (Å²) in [5.74, 6) is -0.108. The summed E-state index contributed by atoms with van der Waals surface area (Å²) in [6.07, 6.45) is 0. The lowest BCUT2D eigenvalue weighted by molar-refractivity contribution is -0.120. The van der Waals surface area contributed by atoms with E-state index >= 15 is 0 Å². The third-order valence-corrected chi connectivity index (χ3v) is 2.36. The van der Waals surface area contributed by atoms with E-state index in [4.69, 9.17) is 16.9 Å². The molecule has 5 heteroatoms. The van der Waals surface area contributed by atoms with Gasteiger partial charge in [-0.2, -0.15) is 5.26 Å². The van der Waals surface area contributed by atoms with Gasteiger partial charge in [-0.15, -0.1) is 0 Å². The lowest BCUT2D eigenvalue weighted by atomic mass is 10.1. The van der Waals surface area contributed by atoms with Crippen LogP contribution in [0, 0.1) is 11.3 Å². The van der Waals surface area contributed by atoms with Gasteiger partial charge < -0.3 is 10.6 Å². The third kappa shape index (κ3) is 4.64. The molecule has 1 aromatic rings. The molecule has 1 amide bonds. The highest BCUT2D eigenvalue weighted by molar-refractivity contribution is 6.33. The molecule has 4 nitrogen and oxygen atoms in total. The van der Waals surface area contributed by atoms with Crippen molar-refractivity contribution in [3.8, 4) is 6.07 Å². The molecular weight excluding hydrogens is 250 g/mol. The molecule has 0 aliphatic rings. The van der Waals surface area contributed by atoms with Gasteiger partial charge in [0.05, 0.1) is 28.9 Å². The zero-order valence-corrected chi connectivity index (χ0v) is 11.4. The molecule has 0 atom stereocenters. The van der Waals surface area contributed by atoms with Gasteiger partial charge in [0.15, 0.2) is 0 Å². The number of nitrogens with zero attached hydrogens (tertiary/aromatic N) is 1. The molecule has 0 aliphatic heterocycles. The van der Waals surface area contributed by atoms with Crippen molar-refractivity contribution in [2.24, 2.45) is 0 Å². The Labute approximate surface area is 112 Å². The summed E-state index contributed by atoms with van der Waals surface area (Å²) in [5, 5.41) is 14.9. The zero-order chi connectivity index (χ0) is 13.8. The summed E-state index contributed by atoms with van der Waals surface area (Å²) in [4.78, 5) is 11.6. The minimum Gasteiger partial charge on any atom is -0.375 e. The molecule has 1 rings (SSSR count). The van der Waals surface area contributed by atoms with Gasteiger partial charge in [-0.05, 0) is 39.0 Å². The van der Waals surface area contributed by atoms with Gasteiger partial charge in [0.1, 0.15) is 0 Å². The van der Waals surface area contributed by atoms with E-state index in [2.05, 4.69) is 10.6 Å². The first-order chi connectivity index (χ1) is 8.31. The summed E-state index contributed by atoms with van der Waals surface area (Å²) in [6, 6.07) is 6.89. The number of benzene rings is 1. The number of rotatable bonds is 3. The largest absolute Gasteiger partial charge is 0.375 e. The van der Waals surface area contributed by atoms with Gasteiger partial charge in [0.2, 0.25) is 5.91 Å². The SMILES string of the molecule is CC(C)(C)NC(=O)CNc1ccc(C#N)cc1Cl. The number of carbonyl (C=O) groups excluding carboxylic acids is 1. The first kappa shape index (κ1) is 14.3. The monoisotopic (exact) mass is 265 g/mol. The van der Waals surface area contributed by atoms with E-state index in [1.54, 1.807) is 18.2 Å². The second kappa shape index (κ2) is 5.74. The number of amides is 1. The van der Waals surface area contributed by atoms with Crippen molar-refractivity contribution >= 4 is 23.2 Å². The van der Waals surface area contributed by atoms with Crippen LogP contribution in [-0.4, -0.2) is 18.0 Å². The van der Waals surface area contributed by atoms with Crippen molar-refractivity contribution in [2.45, 2.75) is 26.3 Å². The average Bonchev–Trinajstić information content (AvgIpc) is 2.25. The van der Waals surface area contributed by atoms with Gasteiger partial charge >= 0.3 is 0 Å². The number of halogens is 1. The van der Waals surface area contributed by atoms with Crippen LogP contribution in [0.1, 0.15) is 26.3 Å². The van der Waals surface area contributed by atoms with Crippen molar-refractivity contribution in [1.82, 2.24) is 5.32 Å². The van der Waals surface area contributed by atoms with E-state index in [1.165, 1.54) is 0 Å². The van der Waals surface area contributed by atoms with Gasteiger partial charge in [0.25, 0.3) is 0 Å². The number of nitrogens with one attached hydrogen (secondary N) is 2. The molecule has 18 heavy (non-hydrogen) atoms. The van der Waals surface area contributed by atoms with E-state index in [0.29, 0.717) is 16.3 Å². The van der Waals surface area contributed by atoms with Crippen molar-refractivity contribution in [3.05, 3.63) is 28.8 Å². The predicted octanol–water partition coefficient (Wildman–Crippen LogP) is 2.54. The van der Waals surface area contributed by atoms with Crippen LogP contribution >= 0.6 is 11.6 Å². The molecule has 0 spiro atoms. The van der Waals surface area contributed by atoms with E-state index in [9.17, 15) is 4.79 Å². The second-order valence-corrected chi connectivity index (χ2v) is 5.37. The molecule has 0 aliphatic carbocycles. The first-order valence-electron chi connectivity index (χ1n) is 5.56. The Morgan fingerprint density at radius 2 is 2.11 bits per heavy atom. The minimum absolute atomic E-state index is 0.108. The van der Waals surface area contributed by atoms with Gasteiger partial charge in [-0.1, -0.05) is 11.6 Å². The fraction of sp³-hybridized carbons (Fsp3) is 0.385. The Morgan fingerprint density at radius 3 is 2.61 bits per heavy atom. The standard InChI is InChI=1S/C13H16ClN3O/c1-13(2,3)17-12(18)8-16-11-5-4-9(7-15)6-10(11)14/h4-6,16H,8H2,1-3H3,(H,17,18). The third-order valence-electron chi connectivity index (χ3n) is 2.05. The summed E-state index contributed by atoms with van der Waals surface area (Å²) < 4.78 is 0. The van der Waals surface area contributed by atoms with Crippen LogP contribution < -0.4 is 10.6 Å². The lowest BCUT2D eigenvalue weighted by Gasteiger charge is -2.20. The smallest absolute Gasteiger partial charge is 0.239 e. The summed E-state index contributed by atoms with van der Waals surface area (Å²) in [5.41, 5.74) is 0.872. The number of hydrogen-bond acceptors (Lipinski definition) is 3. The summed E-state index contributed by atoms with van der Waals surface area (Å²) in [7, 11) is 0. The maximum Gasteiger partial charge on any atom is 0.239 e. The molecule has 2 N–H and O–H groups in total. The van der Waals surface area contributed by atoms with E-state index in [1.807, 2.05) is 26.8 Å². The molecule has 0 radical (unpaired) electrons. The van der Waals surface area contributed by atoms with Crippen LogP contribution in [0.15, 0.2) is 18.2 Å². The van der Waals surface area contributed by atoms with E-state index < -0.39 is 0 Å². The molecule has 0 saturated carbocycles. The van der Waals surface area contributed by atoms with Crippen molar-refractivity contribution in [1.29, 1.82) is 5.26 Å². The normalized spacial score (nSPS) is 10.6. The first-order valence-corrected chi connectivity index (χ1v) is 5.94. The molecule has 1 aromatic carbocycles. The highest BCUT2D eigenvalue weighted by atomic mass is 35.5. The Kier molecular flexibility index (Phi) is 4.57. The molecule has 0 fully saturated rings. The molecular formula is C13H16ClN3O. The molecule has 0 bridgehead atoms. The second-order valence-electron chi connectivity index (χ2n) is 4.96. The van der Waals surface area contributed by atoms with Crippen LogP contribution in [0.5, 0.6) is 0 Å².